The van der Waals surface area contributed by atoms with E-state index in [-0.39, 0.29) is 25.1 Å². The van der Waals surface area contributed by atoms with E-state index in [9.17, 15) is 13.2 Å². The highest BCUT2D eigenvalue weighted by Gasteiger charge is 2.26. The van der Waals surface area contributed by atoms with Crippen molar-refractivity contribution in [3.63, 3.8) is 0 Å². The number of pyridine rings is 1. The van der Waals surface area contributed by atoms with E-state index < -0.39 is 10.0 Å². The van der Waals surface area contributed by atoms with Crippen LogP contribution in [0.3, 0.4) is 0 Å². The predicted octanol–water partition coefficient (Wildman–Crippen LogP) is -0.710. The van der Waals surface area contributed by atoms with Gasteiger partial charge in [0, 0.05) is 38.6 Å². The molecule has 8 nitrogen and oxygen atoms in total. The van der Waals surface area contributed by atoms with Gasteiger partial charge in [-0.2, -0.15) is 4.31 Å². The monoisotopic (exact) mass is 356 g/mol. The Morgan fingerprint density at radius 3 is 2.83 bits per heavy atom. The van der Waals surface area contributed by atoms with Crippen molar-refractivity contribution in [1.29, 1.82) is 0 Å². The van der Waals surface area contributed by atoms with Crippen LogP contribution in [-0.2, 0) is 26.1 Å². The van der Waals surface area contributed by atoms with Gasteiger partial charge in [-0.25, -0.2) is 8.42 Å². The summed E-state index contributed by atoms with van der Waals surface area (Å²) < 4.78 is 30.0. The van der Waals surface area contributed by atoms with Gasteiger partial charge in [0.2, 0.25) is 15.9 Å². The summed E-state index contributed by atoms with van der Waals surface area (Å²) in [6.45, 7) is 2.18. The van der Waals surface area contributed by atoms with Crippen molar-refractivity contribution in [2.45, 2.75) is 12.6 Å². The first kappa shape index (κ1) is 18.8. The van der Waals surface area contributed by atoms with E-state index in [2.05, 4.69) is 10.3 Å². The highest BCUT2D eigenvalue weighted by Crippen LogP contribution is 2.08. The SMILES string of the molecule is CN(CC(=O)NCC1CN(S(C)(=O)=O)CCO1)Cc1ccncc1. The van der Waals surface area contributed by atoms with Crippen LogP contribution >= 0.6 is 0 Å². The fraction of sp³-hybridized carbons (Fsp3) is 0.600. The smallest absolute Gasteiger partial charge is 0.234 e. The van der Waals surface area contributed by atoms with E-state index in [0.717, 1.165) is 5.56 Å². The highest BCUT2D eigenvalue weighted by atomic mass is 32.2. The lowest BCUT2D eigenvalue weighted by Gasteiger charge is -2.31. The maximum Gasteiger partial charge on any atom is 0.234 e. The maximum absolute atomic E-state index is 12.0. The molecule has 1 aromatic heterocycles. The molecule has 0 aromatic carbocycles. The zero-order valence-corrected chi connectivity index (χ0v) is 14.8. The lowest BCUT2D eigenvalue weighted by molar-refractivity contribution is -0.123. The van der Waals surface area contributed by atoms with Gasteiger partial charge in [0.25, 0.3) is 0 Å². The molecule has 2 heterocycles. The minimum atomic E-state index is -3.22. The van der Waals surface area contributed by atoms with Gasteiger partial charge < -0.3 is 10.1 Å². The molecule has 1 fully saturated rings. The van der Waals surface area contributed by atoms with Crippen molar-refractivity contribution >= 4 is 15.9 Å². The number of carbonyl (C=O) groups excluding carboxylic acids is 1. The average molecular weight is 356 g/mol. The topological polar surface area (TPSA) is 91.8 Å². The number of hydrogen-bond acceptors (Lipinski definition) is 6. The number of carbonyl (C=O) groups is 1. The third kappa shape index (κ3) is 6.16. The molecule has 0 spiro atoms. The van der Waals surface area contributed by atoms with E-state index in [4.69, 9.17) is 4.74 Å². The number of hydrogen-bond donors (Lipinski definition) is 1. The lowest BCUT2D eigenvalue weighted by atomic mass is 10.2. The molecule has 1 aliphatic heterocycles. The Hall–Kier alpha value is -1.55. The van der Waals surface area contributed by atoms with Crippen LogP contribution in [0, 0.1) is 0 Å². The molecule has 2 rings (SSSR count). The summed E-state index contributed by atoms with van der Waals surface area (Å²) >= 11 is 0. The zero-order chi connectivity index (χ0) is 17.6. The van der Waals surface area contributed by atoms with Crippen molar-refractivity contribution < 1.29 is 17.9 Å². The van der Waals surface area contributed by atoms with Gasteiger partial charge >= 0.3 is 0 Å². The van der Waals surface area contributed by atoms with Crippen LogP contribution in [0.4, 0.5) is 0 Å². The first-order chi connectivity index (χ1) is 11.3. The van der Waals surface area contributed by atoms with E-state index >= 15 is 0 Å². The summed E-state index contributed by atoms with van der Waals surface area (Å²) in [5, 5.41) is 2.80. The van der Waals surface area contributed by atoms with Crippen LogP contribution in [0.5, 0.6) is 0 Å². The molecule has 0 saturated carbocycles. The second kappa shape index (κ2) is 8.52. The molecular formula is C15H24N4O4S. The molecular weight excluding hydrogens is 332 g/mol. The van der Waals surface area contributed by atoms with Crippen molar-refractivity contribution in [1.82, 2.24) is 19.5 Å². The molecule has 0 aliphatic carbocycles. The second-order valence-corrected chi connectivity index (χ2v) is 7.93. The van der Waals surface area contributed by atoms with Gasteiger partial charge in [-0.05, 0) is 24.7 Å². The van der Waals surface area contributed by atoms with E-state index in [1.165, 1.54) is 10.6 Å². The molecule has 1 atom stereocenters. The second-order valence-electron chi connectivity index (χ2n) is 5.95. The van der Waals surface area contributed by atoms with Gasteiger partial charge in [0.1, 0.15) is 0 Å². The standard InChI is InChI=1S/C15H24N4O4S/c1-18(10-13-3-5-16-6-4-13)12-15(20)17-9-14-11-19(7-8-23-14)24(2,21)22/h3-6,14H,7-12H2,1-2H3,(H,17,20). The van der Waals surface area contributed by atoms with Crippen molar-refractivity contribution in [3.8, 4) is 0 Å². The lowest BCUT2D eigenvalue weighted by Crippen LogP contribution is -2.50. The zero-order valence-electron chi connectivity index (χ0n) is 14.0. The summed E-state index contributed by atoms with van der Waals surface area (Å²) in [4.78, 5) is 17.9. The van der Waals surface area contributed by atoms with Crippen LogP contribution in [0.2, 0.25) is 0 Å². The molecule has 1 aliphatic rings. The molecule has 134 valence electrons. The molecule has 24 heavy (non-hydrogen) atoms. The molecule has 1 unspecified atom stereocenters. The normalized spacial score (nSPS) is 19.4. The number of morpholine rings is 1. The minimum Gasteiger partial charge on any atom is -0.374 e. The number of nitrogens with zero attached hydrogens (tertiary/aromatic N) is 3. The molecule has 1 amide bonds. The average Bonchev–Trinajstić information content (AvgIpc) is 2.53. The Morgan fingerprint density at radius 1 is 1.46 bits per heavy atom. The Balaban J connectivity index is 1.72. The third-order valence-electron chi connectivity index (χ3n) is 3.71. The van der Waals surface area contributed by atoms with Crippen molar-refractivity contribution in [3.05, 3.63) is 30.1 Å². The van der Waals surface area contributed by atoms with E-state index in [0.29, 0.717) is 26.2 Å². The van der Waals surface area contributed by atoms with Crippen molar-refractivity contribution in [2.75, 3.05) is 46.1 Å². The minimum absolute atomic E-state index is 0.119. The van der Waals surface area contributed by atoms with E-state index in [1.54, 1.807) is 12.4 Å². The summed E-state index contributed by atoms with van der Waals surface area (Å²) in [6.07, 6.45) is 4.30. The van der Waals surface area contributed by atoms with Crippen LogP contribution in [0.25, 0.3) is 0 Å². The molecule has 0 bridgehead atoms. The number of nitrogens with one attached hydrogen (secondary N) is 1. The Bertz CT molecular complexity index is 638. The molecule has 1 saturated heterocycles. The fourth-order valence-electron chi connectivity index (χ4n) is 2.50. The summed E-state index contributed by atoms with van der Waals surface area (Å²) in [6, 6.07) is 3.81. The van der Waals surface area contributed by atoms with Gasteiger partial charge in [-0.1, -0.05) is 0 Å². The van der Waals surface area contributed by atoms with Gasteiger partial charge in [0.05, 0.1) is 25.5 Å². The number of ether oxygens (including phenoxy) is 1. The number of sulfonamides is 1. The van der Waals surface area contributed by atoms with Gasteiger partial charge in [0.15, 0.2) is 0 Å². The third-order valence-corrected chi connectivity index (χ3v) is 4.98. The maximum atomic E-state index is 12.0. The van der Waals surface area contributed by atoms with Crippen LogP contribution in [0.1, 0.15) is 5.56 Å². The Morgan fingerprint density at radius 2 is 2.17 bits per heavy atom. The molecule has 9 heteroatoms. The number of amides is 1. The summed E-state index contributed by atoms with van der Waals surface area (Å²) in [5.74, 6) is -0.119. The molecule has 1 N–H and O–H groups in total. The van der Waals surface area contributed by atoms with E-state index in [1.807, 2.05) is 24.1 Å². The van der Waals surface area contributed by atoms with Gasteiger partial charge in [-0.15, -0.1) is 0 Å². The van der Waals surface area contributed by atoms with Crippen molar-refractivity contribution in [2.24, 2.45) is 0 Å². The first-order valence-corrected chi connectivity index (χ1v) is 9.60. The van der Waals surface area contributed by atoms with Gasteiger partial charge in [-0.3, -0.25) is 14.7 Å². The van der Waals surface area contributed by atoms with Crippen LogP contribution in [0.15, 0.2) is 24.5 Å². The summed E-state index contributed by atoms with van der Waals surface area (Å²) in [7, 11) is -1.36. The largest absolute Gasteiger partial charge is 0.374 e. The molecule has 0 radical (unpaired) electrons. The first-order valence-electron chi connectivity index (χ1n) is 7.75. The summed E-state index contributed by atoms with van der Waals surface area (Å²) in [5.41, 5.74) is 1.08. The molecule has 1 aromatic rings. The number of aromatic nitrogens is 1. The fourth-order valence-corrected chi connectivity index (χ4v) is 3.34. The number of likely N-dealkylation sites (N-methyl/N-ethyl adjacent to an activating group) is 1. The Labute approximate surface area is 142 Å². The quantitative estimate of drug-likeness (QED) is 0.694. The Kier molecular flexibility index (Phi) is 6.67. The van der Waals surface area contributed by atoms with Crippen LogP contribution < -0.4 is 5.32 Å². The highest BCUT2D eigenvalue weighted by molar-refractivity contribution is 7.88. The predicted molar refractivity (Wildman–Crippen MR) is 89.7 cm³/mol. The van der Waals surface area contributed by atoms with Crippen LogP contribution in [-0.4, -0.2) is 80.7 Å². The number of rotatable bonds is 7.